The molecular formula is C18H19NO5S2. The van der Waals surface area contributed by atoms with Gasteiger partial charge in [0.25, 0.3) is 5.91 Å². The van der Waals surface area contributed by atoms with Crippen molar-refractivity contribution in [3.8, 4) is 0 Å². The number of esters is 1. The van der Waals surface area contributed by atoms with E-state index in [1.807, 2.05) is 6.92 Å². The molecule has 0 aliphatic carbocycles. The third-order valence-electron chi connectivity index (χ3n) is 4.17. The number of benzene rings is 1. The van der Waals surface area contributed by atoms with Gasteiger partial charge in [-0.2, -0.15) is 0 Å². The van der Waals surface area contributed by atoms with Gasteiger partial charge in [-0.05, 0) is 29.7 Å². The van der Waals surface area contributed by atoms with Crippen molar-refractivity contribution in [3.63, 3.8) is 0 Å². The summed E-state index contributed by atoms with van der Waals surface area (Å²) in [6.45, 7) is 3.66. The largest absolute Gasteiger partial charge is 0.480 e. The minimum absolute atomic E-state index is 0.228. The zero-order chi connectivity index (χ0) is 19.4. The average molecular weight is 393 g/mol. The summed E-state index contributed by atoms with van der Waals surface area (Å²) in [5, 5.41) is 9.53. The average Bonchev–Trinajstić information content (AvgIpc) is 2.89. The van der Waals surface area contributed by atoms with Crippen molar-refractivity contribution in [2.45, 2.75) is 26.3 Å². The second kappa shape index (κ2) is 8.46. The fraction of sp³-hybridized carbons (Fsp3) is 0.333. The summed E-state index contributed by atoms with van der Waals surface area (Å²) in [5.74, 6) is -2.15. The van der Waals surface area contributed by atoms with E-state index in [4.69, 9.17) is 12.2 Å². The Bertz CT molecular complexity index is 772. The second-order valence-electron chi connectivity index (χ2n) is 5.83. The molecule has 0 radical (unpaired) electrons. The number of carboxylic acids is 1. The van der Waals surface area contributed by atoms with Crippen LogP contribution in [0.5, 0.6) is 0 Å². The van der Waals surface area contributed by atoms with Crippen molar-refractivity contribution < 1.29 is 24.2 Å². The van der Waals surface area contributed by atoms with Crippen LogP contribution in [0.25, 0.3) is 6.08 Å². The number of aliphatic carboxylic acids is 1. The molecule has 2 rings (SSSR count). The number of thiocarbonyl (C=S) groups is 1. The number of nitrogens with zero attached hydrogens (tertiary/aromatic N) is 1. The monoisotopic (exact) mass is 393 g/mol. The smallest absolute Gasteiger partial charge is 0.337 e. The molecule has 0 unspecified atom stereocenters. The van der Waals surface area contributed by atoms with Gasteiger partial charge in [-0.25, -0.2) is 9.59 Å². The molecule has 138 valence electrons. The molecule has 0 spiro atoms. The van der Waals surface area contributed by atoms with Crippen LogP contribution in [0.15, 0.2) is 29.2 Å². The van der Waals surface area contributed by atoms with Crippen molar-refractivity contribution in [1.82, 2.24) is 4.90 Å². The number of carbonyl (C=O) groups is 3. The van der Waals surface area contributed by atoms with Crippen molar-refractivity contribution in [3.05, 3.63) is 40.3 Å². The van der Waals surface area contributed by atoms with Crippen LogP contribution in [0.2, 0.25) is 0 Å². The number of rotatable bonds is 6. The standard InChI is InChI=1S/C18H19NO5S2/c1-4-10(2)14(16(21)22)19-15(20)13(26-18(19)25)9-11-5-7-12(8-6-11)17(23)24-3/h5-10,14H,4H2,1-3H3,(H,21,22)/b13-9-/t10-,14+/m1/s1. The summed E-state index contributed by atoms with van der Waals surface area (Å²) in [5.41, 5.74) is 1.11. The maximum atomic E-state index is 12.7. The molecule has 1 N–H and O–H groups in total. The van der Waals surface area contributed by atoms with Crippen LogP contribution in [0.3, 0.4) is 0 Å². The Balaban J connectivity index is 2.28. The summed E-state index contributed by atoms with van der Waals surface area (Å²) >= 11 is 6.33. The van der Waals surface area contributed by atoms with E-state index in [9.17, 15) is 19.5 Å². The van der Waals surface area contributed by atoms with Crippen molar-refractivity contribution in [2.24, 2.45) is 5.92 Å². The molecule has 1 aliphatic heterocycles. The van der Waals surface area contributed by atoms with E-state index in [0.717, 1.165) is 11.8 Å². The molecule has 26 heavy (non-hydrogen) atoms. The molecule has 1 saturated heterocycles. The van der Waals surface area contributed by atoms with Crippen LogP contribution < -0.4 is 0 Å². The molecule has 6 nitrogen and oxygen atoms in total. The van der Waals surface area contributed by atoms with Gasteiger partial charge in [-0.1, -0.05) is 56.4 Å². The first-order valence-corrected chi connectivity index (χ1v) is 9.20. The van der Waals surface area contributed by atoms with Gasteiger partial charge in [0.05, 0.1) is 17.6 Å². The quantitative estimate of drug-likeness (QED) is 0.451. The van der Waals surface area contributed by atoms with E-state index in [1.54, 1.807) is 37.3 Å². The Kier molecular flexibility index (Phi) is 6.55. The molecule has 0 aromatic heterocycles. The maximum absolute atomic E-state index is 12.7. The highest BCUT2D eigenvalue weighted by Crippen LogP contribution is 2.36. The lowest BCUT2D eigenvalue weighted by molar-refractivity contribution is -0.147. The molecule has 0 bridgehead atoms. The van der Waals surface area contributed by atoms with Crippen molar-refractivity contribution in [2.75, 3.05) is 7.11 Å². The number of thioether (sulfide) groups is 1. The molecule has 2 atom stereocenters. The van der Waals surface area contributed by atoms with Crippen molar-refractivity contribution in [1.29, 1.82) is 0 Å². The zero-order valence-electron chi connectivity index (χ0n) is 14.6. The van der Waals surface area contributed by atoms with Crippen LogP contribution in [0.4, 0.5) is 0 Å². The molecular weight excluding hydrogens is 374 g/mol. The van der Waals surface area contributed by atoms with E-state index < -0.39 is 23.9 Å². The minimum atomic E-state index is -1.07. The molecule has 1 amide bonds. The Morgan fingerprint density at radius 2 is 1.96 bits per heavy atom. The molecule has 1 aromatic carbocycles. The number of carbonyl (C=O) groups excluding carboxylic acids is 2. The van der Waals surface area contributed by atoms with E-state index in [2.05, 4.69) is 4.74 Å². The zero-order valence-corrected chi connectivity index (χ0v) is 16.2. The predicted molar refractivity (Wildman–Crippen MR) is 104 cm³/mol. The fourth-order valence-corrected chi connectivity index (χ4v) is 3.87. The van der Waals surface area contributed by atoms with Crippen molar-refractivity contribution >= 4 is 52.2 Å². The summed E-state index contributed by atoms with van der Waals surface area (Å²) < 4.78 is 4.88. The van der Waals surface area contributed by atoms with Gasteiger partial charge in [0, 0.05) is 0 Å². The fourth-order valence-electron chi connectivity index (χ4n) is 2.54. The number of amides is 1. The van der Waals surface area contributed by atoms with E-state index in [-0.39, 0.29) is 10.2 Å². The van der Waals surface area contributed by atoms with Crippen LogP contribution in [-0.4, -0.2) is 45.3 Å². The minimum Gasteiger partial charge on any atom is -0.480 e. The SMILES string of the molecule is CC[C@@H](C)[C@@H](C(=O)O)N1C(=O)/C(=C/c2ccc(C(=O)OC)cc2)SC1=S. The van der Waals surface area contributed by atoms with E-state index >= 15 is 0 Å². The highest BCUT2D eigenvalue weighted by molar-refractivity contribution is 8.26. The molecule has 1 aromatic rings. The summed E-state index contributed by atoms with van der Waals surface area (Å²) in [4.78, 5) is 37.4. The number of methoxy groups -OCH3 is 1. The van der Waals surface area contributed by atoms with E-state index in [0.29, 0.717) is 22.5 Å². The first-order valence-electron chi connectivity index (χ1n) is 7.98. The van der Waals surface area contributed by atoms with Gasteiger partial charge < -0.3 is 9.84 Å². The van der Waals surface area contributed by atoms with Crippen LogP contribution in [-0.2, 0) is 14.3 Å². The number of ether oxygens (including phenoxy) is 1. The predicted octanol–water partition coefficient (Wildman–Crippen LogP) is 3.17. The lowest BCUT2D eigenvalue weighted by atomic mass is 9.98. The maximum Gasteiger partial charge on any atom is 0.337 e. The van der Waals surface area contributed by atoms with Gasteiger partial charge >= 0.3 is 11.9 Å². The molecule has 1 heterocycles. The third kappa shape index (κ3) is 4.13. The van der Waals surface area contributed by atoms with Gasteiger partial charge in [-0.3, -0.25) is 9.69 Å². The number of hydrogen-bond acceptors (Lipinski definition) is 6. The lowest BCUT2D eigenvalue weighted by Gasteiger charge is -2.27. The number of hydrogen-bond donors (Lipinski definition) is 1. The van der Waals surface area contributed by atoms with Crippen LogP contribution in [0, 0.1) is 5.92 Å². The van der Waals surface area contributed by atoms with E-state index in [1.165, 1.54) is 12.0 Å². The van der Waals surface area contributed by atoms with Crippen LogP contribution in [0.1, 0.15) is 36.2 Å². The number of carboxylic acid groups (broad SMARTS) is 1. The van der Waals surface area contributed by atoms with Gasteiger partial charge in [0.15, 0.2) is 0 Å². The Hall–Kier alpha value is -2.19. The van der Waals surface area contributed by atoms with Gasteiger partial charge in [0.1, 0.15) is 10.4 Å². The summed E-state index contributed by atoms with van der Waals surface area (Å²) in [7, 11) is 1.30. The molecule has 0 saturated carbocycles. The Morgan fingerprint density at radius 1 is 1.35 bits per heavy atom. The molecule has 1 fully saturated rings. The normalized spacial score (nSPS) is 18.1. The topological polar surface area (TPSA) is 83.9 Å². The van der Waals surface area contributed by atoms with Gasteiger partial charge in [-0.15, -0.1) is 0 Å². The third-order valence-corrected chi connectivity index (χ3v) is 5.50. The summed E-state index contributed by atoms with van der Waals surface area (Å²) in [6.07, 6.45) is 2.25. The summed E-state index contributed by atoms with van der Waals surface area (Å²) in [6, 6.07) is 5.57. The molecule has 1 aliphatic rings. The molecule has 8 heteroatoms. The van der Waals surface area contributed by atoms with Crippen LogP contribution >= 0.6 is 24.0 Å². The Labute approximate surface area is 161 Å². The highest BCUT2D eigenvalue weighted by atomic mass is 32.2. The highest BCUT2D eigenvalue weighted by Gasteiger charge is 2.42. The first-order chi connectivity index (χ1) is 12.3. The second-order valence-corrected chi connectivity index (χ2v) is 7.51. The first kappa shape index (κ1) is 20.1. The van der Waals surface area contributed by atoms with Gasteiger partial charge in [0.2, 0.25) is 0 Å². The Morgan fingerprint density at radius 3 is 2.46 bits per heavy atom. The lowest BCUT2D eigenvalue weighted by Crippen LogP contribution is -2.47.